The lowest BCUT2D eigenvalue weighted by molar-refractivity contribution is -0.131. The van der Waals surface area contributed by atoms with E-state index in [4.69, 9.17) is 0 Å². The van der Waals surface area contributed by atoms with E-state index in [9.17, 15) is 9.59 Å². The van der Waals surface area contributed by atoms with Crippen molar-refractivity contribution >= 4 is 17.4 Å². The minimum absolute atomic E-state index is 0.0711. The van der Waals surface area contributed by atoms with Crippen LogP contribution in [0.2, 0.25) is 0 Å². The molecule has 106 valence electrons. The Morgan fingerprint density at radius 1 is 1.40 bits per heavy atom. The Morgan fingerprint density at radius 2 is 2.15 bits per heavy atom. The van der Waals surface area contributed by atoms with Crippen molar-refractivity contribution in [2.75, 3.05) is 5.32 Å². The molecule has 3 rings (SSSR count). The molecule has 1 aromatic rings. The quantitative estimate of drug-likeness (QED) is 0.837. The summed E-state index contributed by atoms with van der Waals surface area (Å²) in [5.41, 5.74) is 0.903. The summed E-state index contributed by atoms with van der Waals surface area (Å²) in [6.45, 7) is 1.50. The lowest BCUT2D eigenvalue weighted by Crippen LogP contribution is -2.42. The average molecular weight is 272 g/mol. The first-order valence-corrected chi connectivity index (χ1v) is 7.37. The first-order valence-electron chi connectivity index (χ1n) is 7.37. The Bertz CT molecular complexity index is 545. The van der Waals surface area contributed by atoms with Gasteiger partial charge in [0.1, 0.15) is 0 Å². The van der Waals surface area contributed by atoms with Gasteiger partial charge in [-0.25, -0.2) is 0 Å². The number of pyridine rings is 1. The molecule has 2 saturated carbocycles. The van der Waals surface area contributed by atoms with Crippen LogP contribution in [0, 0.1) is 11.3 Å². The number of carbonyl (C=O) groups excluding carboxylic acids is 2. The number of carbonyl (C=O) groups is 2. The number of hydrogen-bond acceptors (Lipinski definition) is 3. The summed E-state index contributed by atoms with van der Waals surface area (Å²) in [6.07, 6.45) is 9.77. The van der Waals surface area contributed by atoms with Crippen LogP contribution >= 0.6 is 0 Å². The second kappa shape index (κ2) is 5.00. The average Bonchev–Trinajstić information content (AvgIpc) is 3.18. The van der Waals surface area contributed by atoms with Gasteiger partial charge in [-0.05, 0) is 38.2 Å². The van der Waals surface area contributed by atoms with Crippen molar-refractivity contribution in [3.63, 3.8) is 0 Å². The summed E-state index contributed by atoms with van der Waals surface area (Å²) in [7, 11) is 0. The molecule has 0 spiro atoms. The minimum atomic E-state index is -0.182. The van der Waals surface area contributed by atoms with Gasteiger partial charge < -0.3 is 5.32 Å². The van der Waals surface area contributed by atoms with Crippen molar-refractivity contribution in [2.24, 2.45) is 11.3 Å². The number of nitrogens with zero attached hydrogens (tertiary/aromatic N) is 1. The van der Waals surface area contributed by atoms with Crippen LogP contribution in [0.1, 0.15) is 55.8 Å². The van der Waals surface area contributed by atoms with E-state index in [-0.39, 0.29) is 17.1 Å². The number of ketones is 1. The molecule has 0 saturated heterocycles. The smallest absolute Gasteiger partial charge is 0.230 e. The molecular weight excluding hydrogens is 252 g/mol. The number of Topliss-reactive ketones (excluding diaryl/α,β-unsaturated/α-hetero) is 1. The zero-order chi connectivity index (χ0) is 14.2. The summed E-state index contributed by atoms with van der Waals surface area (Å²) < 4.78 is 0. The van der Waals surface area contributed by atoms with E-state index < -0.39 is 0 Å². The number of aromatic nitrogens is 1. The Hall–Kier alpha value is -1.71. The molecule has 1 N–H and O–H groups in total. The fourth-order valence-electron chi connectivity index (χ4n) is 3.04. The first kappa shape index (κ1) is 13.3. The number of rotatable bonds is 5. The summed E-state index contributed by atoms with van der Waals surface area (Å²) in [5, 5.41) is 2.97. The van der Waals surface area contributed by atoms with E-state index >= 15 is 0 Å². The molecule has 2 aliphatic carbocycles. The van der Waals surface area contributed by atoms with Crippen LogP contribution in [-0.2, 0) is 4.79 Å². The Morgan fingerprint density at radius 3 is 2.70 bits per heavy atom. The van der Waals surface area contributed by atoms with Crippen LogP contribution < -0.4 is 5.32 Å². The molecule has 0 aromatic carbocycles. The largest absolute Gasteiger partial charge is 0.325 e. The molecule has 0 unspecified atom stereocenters. The van der Waals surface area contributed by atoms with Gasteiger partial charge in [0.2, 0.25) is 5.91 Å². The van der Waals surface area contributed by atoms with E-state index in [1.54, 1.807) is 12.3 Å². The molecule has 2 aliphatic rings. The molecule has 4 nitrogen and oxygen atoms in total. The predicted molar refractivity (Wildman–Crippen MR) is 76.5 cm³/mol. The van der Waals surface area contributed by atoms with Gasteiger partial charge in [-0.2, -0.15) is 0 Å². The highest BCUT2D eigenvalue weighted by atomic mass is 16.2. The summed E-state index contributed by atoms with van der Waals surface area (Å²) in [5.74, 6) is 0.758. The van der Waals surface area contributed by atoms with Crippen LogP contribution in [0.25, 0.3) is 0 Å². The molecule has 0 radical (unpaired) electrons. The van der Waals surface area contributed by atoms with Crippen molar-refractivity contribution < 1.29 is 9.59 Å². The molecule has 1 heterocycles. The maximum Gasteiger partial charge on any atom is 0.230 e. The van der Waals surface area contributed by atoms with Crippen molar-refractivity contribution in [1.29, 1.82) is 0 Å². The third-order valence-corrected chi connectivity index (χ3v) is 4.62. The Labute approximate surface area is 119 Å². The van der Waals surface area contributed by atoms with Crippen LogP contribution in [-0.4, -0.2) is 16.7 Å². The molecule has 0 aliphatic heterocycles. The molecule has 0 atom stereocenters. The van der Waals surface area contributed by atoms with Gasteiger partial charge in [-0.3, -0.25) is 14.6 Å². The first-order chi connectivity index (χ1) is 9.61. The molecular formula is C16H20N2O2. The zero-order valence-corrected chi connectivity index (χ0v) is 11.8. The topological polar surface area (TPSA) is 59.1 Å². The van der Waals surface area contributed by atoms with Crippen LogP contribution in [0.4, 0.5) is 5.69 Å². The number of anilines is 1. The molecule has 1 amide bonds. The number of nitrogens with one attached hydrogen (secondary N) is 1. The van der Waals surface area contributed by atoms with Gasteiger partial charge in [0, 0.05) is 17.8 Å². The zero-order valence-electron chi connectivity index (χ0n) is 11.8. The third-order valence-electron chi connectivity index (χ3n) is 4.62. The molecule has 0 bridgehead atoms. The minimum Gasteiger partial charge on any atom is -0.325 e. The standard InChI is InChI=1S/C16H20N2O2/c1-11(19)13-10-17-8-5-14(13)18-15(20)16(6-2-7-16)9-12-3-4-12/h5,8,10,12H,2-4,6-7,9H2,1H3,(H,17,18,20). The van der Waals surface area contributed by atoms with E-state index in [1.807, 2.05) is 0 Å². The monoisotopic (exact) mass is 272 g/mol. The van der Waals surface area contributed by atoms with Gasteiger partial charge in [0.15, 0.2) is 5.78 Å². The lowest BCUT2D eigenvalue weighted by atomic mass is 9.65. The van der Waals surface area contributed by atoms with E-state index in [0.717, 1.165) is 31.6 Å². The second-order valence-electron chi connectivity index (χ2n) is 6.21. The normalized spacial score (nSPS) is 20.1. The van der Waals surface area contributed by atoms with Gasteiger partial charge in [0.05, 0.1) is 11.3 Å². The molecule has 20 heavy (non-hydrogen) atoms. The molecule has 2 fully saturated rings. The maximum atomic E-state index is 12.6. The fraction of sp³-hybridized carbons (Fsp3) is 0.562. The van der Waals surface area contributed by atoms with Crippen LogP contribution in [0.5, 0.6) is 0 Å². The Kier molecular flexibility index (Phi) is 3.32. The van der Waals surface area contributed by atoms with Gasteiger partial charge in [-0.1, -0.05) is 19.3 Å². The van der Waals surface area contributed by atoms with Gasteiger partial charge >= 0.3 is 0 Å². The highest BCUT2D eigenvalue weighted by Gasteiger charge is 2.47. The number of hydrogen-bond donors (Lipinski definition) is 1. The summed E-state index contributed by atoms with van der Waals surface area (Å²) in [4.78, 5) is 28.1. The fourth-order valence-corrected chi connectivity index (χ4v) is 3.04. The number of amides is 1. The highest BCUT2D eigenvalue weighted by molar-refractivity contribution is 6.04. The van der Waals surface area contributed by atoms with E-state index in [1.165, 1.54) is 26.0 Å². The van der Waals surface area contributed by atoms with E-state index in [0.29, 0.717) is 11.3 Å². The van der Waals surface area contributed by atoms with Crippen molar-refractivity contribution in [2.45, 2.75) is 45.4 Å². The van der Waals surface area contributed by atoms with E-state index in [2.05, 4.69) is 10.3 Å². The maximum absolute atomic E-state index is 12.6. The Balaban J connectivity index is 1.76. The SMILES string of the molecule is CC(=O)c1cnccc1NC(=O)C1(CC2CC2)CCC1. The summed E-state index contributed by atoms with van der Waals surface area (Å²) >= 11 is 0. The third kappa shape index (κ3) is 2.47. The molecule has 1 aromatic heterocycles. The van der Waals surface area contributed by atoms with Gasteiger partial charge in [-0.15, -0.1) is 0 Å². The van der Waals surface area contributed by atoms with Gasteiger partial charge in [0.25, 0.3) is 0 Å². The van der Waals surface area contributed by atoms with Crippen molar-refractivity contribution in [1.82, 2.24) is 4.98 Å². The van der Waals surface area contributed by atoms with Crippen molar-refractivity contribution in [3.8, 4) is 0 Å². The van der Waals surface area contributed by atoms with Crippen molar-refractivity contribution in [3.05, 3.63) is 24.0 Å². The predicted octanol–water partition coefficient (Wildman–Crippen LogP) is 3.19. The van der Waals surface area contributed by atoms with Crippen LogP contribution in [0.15, 0.2) is 18.5 Å². The second-order valence-corrected chi connectivity index (χ2v) is 6.21. The molecule has 4 heteroatoms. The lowest BCUT2D eigenvalue weighted by Gasteiger charge is -2.40. The summed E-state index contributed by atoms with van der Waals surface area (Å²) in [6, 6.07) is 1.71. The highest BCUT2D eigenvalue weighted by Crippen LogP contribution is 2.51. The van der Waals surface area contributed by atoms with Crippen LogP contribution in [0.3, 0.4) is 0 Å².